The van der Waals surface area contributed by atoms with E-state index < -0.39 is 24.3 Å². The molecule has 0 radical (unpaired) electrons. The predicted octanol–water partition coefficient (Wildman–Crippen LogP) is 10.4. The van der Waals surface area contributed by atoms with Crippen molar-refractivity contribution in [1.29, 1.82) is 0 Å². The Hall–Kier alpha value is -2.81. The molecule has 0 bridgehead atoms. The summed E-state index contributed by atoms with van der Waals surface area (Å²) in [7, 11) is -4.26. The SMILES string of the molecule is CC1CCC(C(C)C)C(OP(=O)(OC2CC(C)CCC2C(C)C)C(OC(=O)c2ccc(N3CCCCCC3)c([N+](=O)[O-])c2)c2cccnc2)C1. The molecule has 50 heavy (non-hydrogen) atoms. The molecular formula is C39H58N3O7P. The number of nitrogens with zero attached hydrogens (tertiary/aromatic N) is 3. The summed E-state index contributed by atoms with van der Waals surface area (Å²) in [6, 6.07) is 7.92. The Morgan fingerprint density at radius 1 is 0.900 bits per heavy atom. The van der Waals surface area contributed by atoms with Crippen molar-refractivity contribution >= 4 is 24.9 Å². The maximum atomic E-state index is 15.8. The Bertz CT molecular complexity index is 1440. The van der Waals surface area contributed by atoms with E-state index in [-0.39, 0.29) is 35.3 Å². The molecule has 3 aliphatic rings. The van der Waals surface area contributed by atoms with Crippen molar-refractivity contribution in [2.45, 2.75) is 124 Å². The molecule has 1 aromatic heterocycles. The smallest absolute Gasteiger partial charge is 0.376 e. The van der Waals surface area contributed by atoms with Crippen LogP contribution in [0.5, 0.6) is 0 Å². The maximum absolute atomic E-state index is 15.8. The summed E-state index contributed by atoms with van der Waals surface area (Å²) in [5, 5.41) is 12.3. The van der Waals surface area contributed by atoms with Gasteiger partial charge in [0.1, 0.15) is 5.69 Å². The number of aromatic nitrogens is 1. The van der Waals surface area contributed by atoms with Gasteiger partial charge in [-0.25, -0.2) is 4.79 Å². The Labute approximate surface area is 298 Å². The normalized spacial score (nSPS) is 28.1. The minimum Gasteiger partial charge on any atom is -0.441 e. The van der Waals surface area contributed by atoms with Crippen molar-refractivity contribution in [1.82, 2.24) is 4.98 Å². The van der Waals surface area contributed by atoms with E-state index in [9.17, 15) is 14.9 Å². The summed E-state index contributed by atoms with van der Waals surface area (Å²) in [5.41, 5.74) is 0.747. The second-order valence-corrected chi connectivity index (χ2v) is 17.9. The molecule has 0 N–H and O–H groups in total. The van der Waals surface area contributed by atoms with Gasteiger partial charge in [0.2, 0.25) is 5.85 Å². The van der Waals surface area contributed by atoms with Crippen LogP contribution in [0.25, 0.3) is 0 Å². The number of esters is 1. The number of rotatable bonds is 12. The highest BCUT2D eigenvalue weighted by atomic mass is 31.2. The summed E-state index contributed by atoms with van der Waals surface area (Å²) < 4.78 is 35.7. The lowest BCUT2D eigenvalue weighted by molar-refractivity contribution is -0.384. The Kier molecular flexibility index (Phi) is 13.2. The molecule has 0 amide bonds. The highest BCUT2D eigenvalue weighted by molar-refractivity contribution is 7.54. The van der Waals surface area contributed by atoms with E-state index >= 15 is 4.57 Å². The van der Waals surface area contributed by atoms with Crippen molar-refractivity contribution in [3.8, 4) is 0 Å². The van der Waals surface area contributed by atoms with Crippen LogP contribution >= 0.6 is 7.60 Å². The summed E-state index contributed by atoms with van der Waals surface area (Å²) in [6.07, 6.45) is 12.0. The monoisotopic (exact) mass is 711 g/mol. The third-order valence-corrected chi connectivity index (χ3v) is 13.4. The number of hydrogen-bond donors (Lipinski definition) is 0. The molecule has 0 spiro atoms. The second-order valence-electron chi connectivity index (χ2n) is 15.9. The fraction of sp³-hybridized carbons (Fsp3) is 0.692. The van der Waals surface area contributed by atoms with Crippen molar-refractivity contribution in [2.75, 3.05) is 18.0 Å². The number of carbonyl (C=O) groups excluding carboxylic acids is 1. The zero-order chi connectivity index (χ0) is 36.0. The van der Waals surface area contributed by atoms with Gasteiger partial charge in [-0.15, -0.1) is 0 Å². The minimum absolute atomic E-state index is 0.00778. The molecule has 1 aliphatic heterocycles. The maximum Gasteiger partial charge on any atom is 0.376 e. The van der Waals surface area contributed by atoms with E-state index in [4.69, 9.17) is 13.8 Å². The van der Waals surface area contributed by atoms with Gasteiger partial charge in [-0.05, 0) is 92.2 Å². The van der Waals surface area contributed by atoms with Crippen LogP contribution in [0.4, 0.5) is 11.4 Å². The number of benzene rings is 1. The fourth-order valence-electron chi connectivity index (χ4n) is 8.37. The zero-order valence-corrected chi connectivity index (χ0v) is 31.8. The van der Waals surface area contributed by atoms with E-state index in [0.29, 0.717) is 34.9 Å². The quantitative estimate of drug-likeness (QED) is 0.0916. The van der Waals surface area contributed by atoms with E-state index in [1.807, 2.05) is 4.90 Å². The van der Waals surface area contributed by atoms with Gasteiger partial charge in [0.05, 0.1) is 22.7 Å². The molecule has 2 aromatic rings. The first kappa shape index (κ1) is 38.4. The van der Waals surface area contributed by atoms with Crippen LogP contribution in [0.3, 0.4) is 0 Å². The predicted molar refractivity (Wildman–Crippen MR) is 196 cm³/mol. The second kappa shape index (κ2) is 17.1. The molecule has 2 saturated carbocycles. The van der Waals surface area contributed by atoms with Crippen LogP contribution in [-0.4, -0.2) is 41.2 Å². The molecule has 276 valence electrons. The molecular weight excluding hydrogens is 653 g/mol. The van der Waals surface area contributed by atoms with Crippen LogP contribution in [-0.2, 0) is 18.3 Å². The van der Waals surface area contributed by atoms with Crippen LogP contribution in [0.15, 0.2) is 42.7 Å². The van der Waals surface area contributed by atoms with Crippen molar-refractivity contribution < 1.29 is 28.1 Å². The largest absolute Gasteiger partial charge is 0.441 e. The number of hydrogen-bond acceptors (Lipinski definition) is 9. The van der Waals surface area contributed by atoms with Crippen LogP contribution in [0.1, 0.15) is 128 Å². The van der Waals surface area contributed by atoms with Crippen molar-refractivity contribution in [3.05, 3.63) is 64.0 Å². The first-order valence-corrected chi connectivity index (χ1v) is 20.6. The number of nitro benzene ring substituents is 1. The highest BCUT2D eigenvalue weighted by Crippen LogP contribution is 2.66. The molecule has 7 unspecified atom stereocenters. The van der Waals surface area contributed by atoms with Crippen molar-refractivity contribution in [2.24, 2.45) is 35.5 Å². The van der Waals surface area contributed by atoms with E-state index in [0.717, 1.165) is 77.3 Å². The van der Waals surface area contributed by atoms with Crippen LogP contribution in [0, 0.1) is 45.6 Å². The molecule has 1 saturated heterocycles. The average Bonchev–Trinajstić information content (AvgIpc) is 3.36. The Morgan fingerprint density at radius 2 is 1.48 bits per heavy atom. The lowest BCUT2D eigenvalue weighted by Gasteiger charge is -2.43. The number of carbonyl (C=O) groups is 1. The van der Waals surface area contributed by atoms with E-state index in [2.05, 4.69) is 46.5 Å². The van der Waals surface area contributed by atoms with Gasteiger partial charge in [0.25, 0.3) is 5.69 Å². The number of nitro groups is 1. The van der Waals surface area contributed by atoms with Crippen molar-refractivity contribution in [3.63, 3.8) is 0 Å². The zero-order valence-electron chi connectivity index (χ0n) is 30.9. The molecule has 1 aromatic carbocycles. The van der Waals surface area contributed by atoms with Gasteiger partial charge in [-0.3, -0.25) is 19.7 Å². The molecule has 2 heterocycles. The van der Waals surface area contributed by atoms with Gasteiger partial charge in [-0.1, -0.05) is 73.3 Å². The average molecular weight is 712 g/mol. The fourth-order valence-corrected chi connectivity index (χ4v) is 10.6. The third-order valence-electron chi connectivity index (χ3n) is 11.3. The number of pyridine rings is 1. The first-order chi connectivity index (χ1) is 23.9. The first-order valence-electron chi connectivity index (χ1n) is 19.0. The lowest BCUT2D eigenvalue weighted by atomic mass is 9.75. The molecule has 5 rings (SSSR count). The lowest BCUT2D eigenvalue weighted by Crippen LogP contribution is -2.37. The molecule has 7 atom stereocenters. The van der Waals surface area contributed by atoms with Crippen LogP contribution in [0.2, 0.25) is 0 Å². The molecule has 2 aliphatic carbocycles. The Morgan fingerprint density at radius 3 is 1.98 bits per heavy atom. The van der Waals surface area contributed by atoms with E-state index in [1.165, 1.54) is 12.3 Å². The summed E-state index contributed by atoms with van der Waals surface area (Å²) >= 11 is 0. The summed E-state index contributed by atoms with van der Waals surface area (Å²) in [4.78, 5) is 32.3. The Balaban J connectivity index is 1.55. The highest BCUT2D eigenvalue weighted by Gasteiger charge is 2.49. The van der Waals surface area contributed by atoms with Crippen LogP contribution < -0.4 is 4.90 Å². The van der Waals surface area contributed by atoms with Gasteiger partial charge >= 0.3 is 13.6 Å². The standard InChI is InChI=1S/C39H58N3O7P/c1-26(2)32-16-13-28(5)22-36(32)48-50(46,49-37-23-29(6)14-17-33(37)27(3)4)39(31-12-11-19-40-25-31)47-38(43)30-15-18-34(35(24-30)42(44)45)41-20-9-7-8-10-21-41/h11-12,15,18-19,24-29,32-33,36-37,39H,7-10,13-14,16-17,20-23H2,1-6H3. The number of ether oxygens (including phenoxy) is 1. The number of anilines is 1. The minimum atomic E-state index is -4.26. The van der Waals surface area contributed by atoms with Gasteiger partial charge in [-0.2, -0.15) is 0 Å². The summed E-state index contributed by atoms with van der Waals surface area (Å²) in [6.45, 7) is 14.5. The molecule has 10 nitrogen and oxygen atoms in total. The van der Waals surface area contributed by atoms with Gasteiger partial charge in [0.15, 0.2) is 0 Å². The third kappa shape index (κ3) is 9.34. The molecule has 11 heteroatoms. The molecule has 3 fully saturated rings. The summed E-state index contributed by atoms with van der Waals surface area (Å²) in [5.74, 6) is -0.575. The van der Waals surface area contributed by atoms with E-state index in [1.54, 1.807) is 30.5 Å². The van der Waals surface area contributed by atoms with Gasteiger partial charge < -0.3 is 18.7 Å². The van der Waals surface area contributed by atoms with Gasteiger partial charge in [0, 0.05) is 37.1 Å². The topological polar surface area (TPSA) is 121 Å².